The van der Waals surface area contributed by atoms with Crippen molar-refractivity contribution in [2.24, 2.45) is 0 Å². The molecule has 0 radical (unpaired) electrons. The average molecular weight is 435 g/mol. The summed E-state index contributed by atoms with van der Waals surface area (Å²) in [4.78, 5) is 11.6. The first-order chi connectivity index (χ1) is 8.98. The molecule has 0 aliphatic rings. The molecule has 0 aliphatic heterocycles. The van der Waals surface area contributed by atoms with Crippen LogP contribution >= 0.6 is 5.69 Å². The van der Waals surface area contributed by atoms with Gasteiger partial charge in [-0.2, -0.15) is 0 Å². The van der Waals surface area contributed by atoms with Crippen molar-refractivity contribution in [3.05, 3.63) is 29.3 Å². The second-order valence-electron chi connectivity index (χ2n) is 4.65. The van der Waals surface area contributed by atoms with Crippen LogP contribution in [-0.2, 0) is 36.9 Å². The van der Waals surface area contributed by atoms with Crippen molar-refractivity contribution in [2.75, 3.05) is 0 Å². The first kappa shape index (κ1) is 20.8. The quantitative estimate of drug-likeness (QED) is 0.356. The average Bonchev–Trinajstić information content (AvgIpc) is 2.34. The van der Waals surface area contributed by atoms with Gasteiger partial charge >= 0.3 is 23.9 Å². The van der Waals surface area contributed by atoms with Gasteiger partial charge in [0.1, 0.15) is 5.75 Å². The Balaban J connectivity index is 0.00000361. The molecule has 0 saturated carbocycles. The minimum absolute atomic E-state index is 0. The van der Waals surface area contributed by atoms with E-state index in [-0.39, 0.29) is 23.9 Å². The largest absolute Gasteiger partial charge is 4.00 e. The summed E-state index contributed by atoms with van der Waals surface area (Å²) in [6.07, 6.45) is 6.20. The molecule has 0 aromatic heterocycles. The predicted molar refractivity (Wildman–Crippen MR) is 91.7 cm³/mol. The molecule has 1 atom stereocenters. The van der Waals surface area contributed by atoms with Gasteiger partial charge in [-0.1, -0.05) is 62.4 Å². The molecule has 0 saturated heterocycles. The Morgan fingerprint density at radius 2 is 1.60 bits per heavy atom. The Bertz CT molecular complexity index is 423. The maximum atomic E-state index is 11.6. The van der Waals surface area contributed by atoms with Gasteiger partial charge in [0, 0.05) is 0 Å². The van der Waals surface area contributed by atoms with Crippen LogP contribution in [0.3, 0.4) is 0 Å². The number of rotatable bonds is 8. The van der Waals surface area contributed by atoms with E-state index in [1.807, 2.05) is 18.2 Å². The molecule has 0 spiro atoms. The van der Waals surface area contributed by atoms with Gasteiger partial charge in [0.25, 0.3) is 0 Å². The molecule has 6 heteroatoms. The zero-order valence-corrected chi connectivity index (χ0v) is 17.4. The van der Waals surface area contributed by atoms with Crippen molar-refractivity contribution in [1.82, 2.24) is 0 Å². The fourth-order valence-corrected chi connectivity index (χ4v) is 2.90. The van der Waals surface area contributed by atoms with Crippen LogP contribution in [0.5, 0.6) is 5.75 Å². The van der Waals surface area contributed by atoms with E-state index in [1.54, 1.807) is 0 Å². The SMILES string of the molecule is CCCCc1cccc(CCCC)c1OP([O-])(=S)[S-].[Sn+4]. The minimum atomic E-state index is -3.34. The fourth-order valence-electron chi connectivity index (χ4n) is 2.00. The van der Waals surface area contributed by atoms with Crippen molar-refractivity contribution in [3.63, 3.8) is 0 Å². The maximum absolute atomic E-state index is 11.6. The Labute approximate surface area is 150 Å². The molecular weight excluding hydrogens is 414 g/mol. The van der Waals surface area contributed by atoms with Crippen LogP contribution < -0.4 is 9.42 Å². The summed E-state index contributed by atoms with van der Waals surface area (Å²) in [5.41, 5.74) is -1.19. The summed E-state index contributed by atoms with van der Waals surface area (Å²) in [5.74, 6) is 0.678. The van der Waals surface area contributed by atoms with Crippen molar-refractivity contribution >= 4 is 53.7 Å². The van der Waals surface area contributed by atoms with E-state index in [9.17, 15) is 4.89 Å². The van der Waals surface area contributed by atoms with Gasteiger partial charge in [0.05, 0.1) is 0 Å². The molecule has 2 nitrogen and oxygen atoms in total. The summed E-state index contributed by atoms with van der Waals surface area (Å²) in [7, 11) is 0. The van der Waals surface area contributed by atoms with Crippen molar-refractivity contribution < 1.29 is 9.42 Å². The van der Waals surface area contributed by atoms with E-state index in [2.05, 4.69) is 13.8 Å². The van der Waals surface area contributed by atoms with Crippen LogP contribution in [0.1, 0.15) is 50.7 Å². The molecule has 0 bridgehead atoms. The Kier molecular flexibility index (Phi) is 10.9. The van der Waals surface area contributed by atoms with Crippen molar-refractivity contribution in [1.29, 1.82) is 0 Å². The van der Waals surface area contributed by atoms with Crippen molar-refractivity contribution in [2.45, 2.75) is 52.4 Å². The summed E-state index contributed by atoms with van der Waals surface area (Å²) < 4.78 is 5.44. The van der Waals surface area contributed by atoms with Gasteiger partial charge in [-0.25, -0.2) is 0 Å². The van der Waals surface area contributed by atoms with E-state index < -0.39 is 5.69 Å². The fraction of sp³-hybridized carbons (Fsp3) is 0.571. The first-order valence-corrected chi connectivity index (χ1v) is 10.5. The van der Waals surface area contributed by atoms with Gasteiger partial charge in [0.15, 0.2) is 0 Å². The van der Waals surface area contributed by atoms with Gasteiger partial charge < -0.3 is 21.7 Å². The predicted octanol–water partition coefficient (Wildman–Crippen LogP) is 3.50. The van der Waals surface area contributed by atoms with Crippen LogP contribution in [0.2, 0.25) is 0 Å². The zero-order chi connectivity index (χ0) is 14.3. The van der Waals surface area contributed by atoms with Crippen LogP contribution in [0, 0.1) is 0 Å². The minimum Gasteiger partial charge on any atom is -0.809 e. The standard InChI is InChI=1S/C14H23O2PS2.Sn/c1-3-5-8-12-10-7-11-13(9-6-4-2)14(12)16-17(15,18)19;/h7,10-11H,3-6,8-9H2,1-2H3,(H2,15,18,19);/q;+4/p-2. The van der Waals surface area contributed by atoms with Crippen LogP contribution in [0.15, 0.2) is 18.2 Å². The maximum Gasteiger partial charge on any atom is 4.00 e. The molecule has 0 aliphatic carbocycles. The second-order valence-corrected chi connectivity index (χ2v) is 9.31. The van der Waals surface area contributed by atoms with E-state index in [0.717, 1.165) is 49.7 Å². The zero-order valence-electron chi connectivity index (χ0n) is 12.1. The number of para-hydroxylation sites is 1. The number of aryl methyl sites for hydroxylation is 2. The Hall–Kier alpha value is 0.779. The molecule has 1 unspecified atom stereocenters. The third-order valence-electron chi connectivity index (χ3n) is 2.98. The number of hydrogen-bond donors (Lipinski definition) is 0. The Morgan fingerprint density at radius 3 is 1.95 bits per heavy atom. The molecule has 0 heterocycles. The van der Waals surface area contributed by atoms with E-state index in [4.69, 9.17) is 28.6 Å². The first-order valence-electron chi connectivity index (χ1n) is 6.80. The van der Waals surface area contributed by atoms with Gasteiger partial charge in [-0.3, -0.25) is 0 Å². The van der Waals surface area contributed by atoms with Gasteiger partial charge in [0.2, 0.25) is 0 Å². The third-order valence-corrected chi connectivity index (χ3v) is 3.83. The monoisotopic (exact) mass is 436 g/mol. The molecule has 1 aromatic rings. The summed E-state index contributed by atoms with van der Waals surface area (Å²) in [6, 6.07) is 6.06. The van der Waals surface area contributed by atoms with E-state index >= 15 is 0 Å². The number of unbranched alkanes of at least 4 members (excludes halogenated alkanes) is 2. The summed E-state index contributed by atoms with van der Waals surface area (Å²) >= 11 is 9.52. The van der Waals surface area contributed by atoms with E-state index in [0.29, 0.717) is 5.75 Å². The Morgan fingerprint density at radius 1 is 1.15 bits per heavy atom. The van der Waals surface area contributed by atoms with Crippen molar-refractivity contribution in [3.8, 4) is 5.75 Å². The van der Waals surface area contributed by atoms with Crippen LogP contribution in [0.4, 0.5) is 0 Å². The molecule has 20 heavy (non-hydrogen) atoms. The second kappa shape index (κ2) is 10.5. The summed E-state index contributed by atoms with van der Waals surface area (Å²) in [6.45, 7) is 4.29. The topological polar surface area (TPSA) is 32.3 Å². The van der Waals surface area contributed by atoms with Crippen LogP contribution in [0.25, 0.3) is 0 Å². The molecule has 1 rings (SSSR count). The number of benzene rings is 1. The third kappa shape index (κ3) is 7.69. The normalized spacial score (nSPS) is 13.4. The molecule has 0 fully saturated rings. The van der Waals surface area contributed by atoms with Crippen LogP contribution in [-0.4, -0.2) is 23.9 Å². The number of hydrogen-bond acceptors (Lipinski definition) is 4. The molecule has 0 N–H and O–H groups in total. The molecule has 1 aromatic carbocycles. The van der Waals surface area contributed by atoms with E-state index in [1.165, 1.54) is 0 Å². The van der Waals surface area contributed by atoms with Gasteiger partial charge in [-0.05, 0) is 36.8 Å². The van der Waals surface area contributed by atoms with Gasteiger partial charge in [-0.15, -0.1) is 0 Å². The smallest absolute Gasteiger partial charge is 0.809 e. The molecular formula is C14H21O2PS2Sn+2. The molecule has 108 valence electrons. The summed E-state index contributed by atoms with van der Waals surface area (Å²) in [5, 5.41) is 0. The molecule has 0 amide bonds.